The van der Waals surface area contributed by atoms with Crippen LogP contribution in [0.2, 0.25) is 5.02 Å². The number of nitro groups is 1. The SMILES string of the molecule is CC#CCCNS(=O)(=O)c1ccc([N+](=O)[O-])cc1Cl. The second-order valence-corrected chi connectivity index (χ2v) is 5.59. The summed E-state index contributed by atoms with van der Waals surface area (Å²) < 4.78 is 26.1. The molecule has 0 aliphatic heterocycles. The van der Waals surface area contributed by atoms with Gasteiger partial charge in [-0.3, -0.25) is 10.1 Å². The molecule has 0 bridgehead atoms. The molecule has 0 radical (unpaired) electrons. The summed E-state index contributed by atoms with van der Waals surface area (Å²) in [6.45, 7) is 1.80. The smallest absolute Gasteiger partial charge is 0.258 e. The third-order valence-electron chi connectivity index (χ3n) is 2.13. The van der Waals surface area contributed by atoms with Gasteiger partial charge in [-0.25, -0.2) is 13.1 Å². The molecule has 0 fully saturated rings. The monoisotopic (exact) mass is 302 g/mol. The third-order valence-corrected chi connectivity index (χ3v) is 4.08. The molecule has 6 nitrogen and oxygen atoms in total. The van der Waals surface area contributed by atoms with Gasteiger partial charge in [-0.2, -0.15) is 0 Å². The van der Waals surface area contributed by atoms with Gasteiger partial charge in [0.15, 0.2) is 0 Å². The molecular formula is C11H11ClN2O4S. The second kappa shape index (κ2) is 6.52. The molecular weight excluding hydrogens is 292 g/mol. The van der Waals surface area contributed by atoms with Crippen LogP contribution in [-0.4, -0.2) is 19.9 Å². The summed E-state index contributed by atoms with van der Waals surface area (Å²) >= 11 is 5.75. The van der Waals surface area contributed by atoms with Crippen LogP contribution in [0.15, 0.2) is 23.1 Å². The van der Waals surface area contributed by atoms with Crippen molar-refractivity contribution in [3.63, 3.8) is 0 Å². The molecule has 0 aliphatic carbocycles. The van der Waals surface area contributed by atoms with Gasteiger partial charge in [0.05, 0.1) is 9.95 Å². The lowest BCUT2D eigenvalue weighted by molar-refractivity contribution is -0.384. The Labute approximate surface area is 116 Å². The Kier molecular flexibility index (Phi) is 5.30. The molecule has 1 aromatic carbocycles. The molecule has 0 atom stereocenters. The van der Waals surface area contributed by atoms with Gasteiger partial charge in [-0.1, -0.05) is 11.6 Å². The molecule has 0 aromatic heterocycles. The number of nitrogens with zero attached hydrogens (tertiary/aromatic N) is 1. The van der Waals surface area contributed by atoms with Crippen LogP contribution >= 0.6 is 11.6 Å². The minimum absolute atomic E-state index is 0.149. The summed E-state index contributed by atoms with van der Waals surface area (Å²) in [5, 5.41) is 10.3. The fourth-order valence-electron chi connectivity index (χ4n) is 1.27. The Hall–Kier alpha value is -1.62. The summed E-state index contributed by atoms with van der Waals surface area (Å²) in [7, 11) is -3.79. The summed E-state index contributed by atoms with van der Waals surface area (Å²) in [5.41, 5.74) is -0.263. The molecule has 0 amide bonds. The van der Waals surface area contributed by atoms with Crippen molar-refractivity contribution in [3.05, 3.63) is 33.3 Å². The van der Waals surface area contributed by atoms with Crippen molar-refractivity contribution < 1.29 is 13.3 Å². The first kappa shape index (κ1) is 15.4. The van der Waals surface area contributed by atoms with Crippen molar-refractivity contribution in [3.8, 4) is 11.8 Å². The molecule has 0 spiro atoms. The van der Waals surface area contributed by atoms with Crippen molar-refractivity contribution in [1.29, 1.82) is 0 Å². The van der Waals surface area contributed by atoms with Crippen LogP contribution < -0.4 is 4.72 Å². The zero-order chi connectivity index (χ0) is 14.5. The predicted octanol–water partition coefficient (Wildman–Crippen LogP) is 1.94. The third kappa shape index (κ3) is 4.21. The number of halogens is 1. The second-order valence-electron chi connectivity index (χ2n) is 3.45. The zero-order valence-corrected chi connectivity index (χ0v) is 11.6. The van der Waals surface area contributed by atoms with E-state index in [9.17, 15) is 18.5 Å². The predicted molar refractivity (Wildman–Crippen MR) is 71.4 cm³/mol. The highest BCUT2D eigenvalue weighted by Crippen LogP contribution is 2.25. The molecule has 1 N–H and O–H groups in total. The molecule has 1 rings (SSSR count). The largest absolute Gasteiger partial charge is 0.271 e. The van der Waals surface area contributed by atoms with Crippen LogP contribution in [0.5, 0.6) is 0 Å². The zero-order valence-electron chi connectivity index (χ0n) is 10.0. The Morgan fingerprint density at radius 1 is 1.47 bits per heavy atom. The molecule has 0 aliphatic rings. The molecule has 0 saturated heterocycles. The number of hydrogen-bond donors (Lipinski definition) is 1. The number of rotatable bonds is 5. The van der Waals surface area contributed by atoms with Gasteiger partial charge < -0.3 is 0 Å². The number of nitrogens with one attached hydrogen (secondary N) is 1. The van der Waals surface area contributed by atoms with Crippen molar-refractivity contribution in [1.82, 2.24) is 4.72 Å². The van der Waals surface area contributed by atoms with Crippen LogP contribution in [0.3, 0.4) is 0 Å². The van der Waals surface area contributed by atoms with Crippen LogP contribution in [0.1, 0.15) is 13.3 Å². The van der Waals surface area contributed by atoms with E-state index in [-0.39, 0.29) is 22.2 Å². The van der Waals surface area contributed by atoms with Gasteiger partial charge in [0.1, 0.15) is 4.90 Å². The number of nitro benzene ring substituents is 1. The topological polar surface area (TPSA) is 89.3 Å². The Balaban J connectivity index is 2.94. The van der Waals surface area contributed by atoms with Gasteiger partial charge in [-0.15, -0.1) is 11.8 Å². The van der Waals surface area contributed by atoms with Gasteiger partial charge in [-0.05, 0) is 13.0 Å². The van der Waals surface area contributed by atoms with Crippen molar-refractivity contribution in [2.45, 2.75) is 18.2 Å². The van der Waals surface area contributed by atoms with Crippen LogP contribution in [0.4, 0.5) is 5.69 Å². The van der Waals surface area contributed by atoms with E-state index >= 15 is 0 Å². The first-order chi connectivity index (χ1) is 8.88. The molecule has 0 heterocycles. The van der Waals surface area contributed by atoms with E-state index < -0.39 is 14.9 Å². The van der Waals surface area contributed by atoms with E-state index in [0.717, 1.165) is 18.2 Å². The maximum absolute atomic E-state index is 11.9. The molecule has 1 aromatic rings. The van der Waals surface area contributed by atoms with Crippen molar-refractivity contribution in [2.75, 3.05) is 6.54 Å². The fourth-order valence-corrected chi connectivity index (χ4v) is 2.84. The van der Waals surface area contributed by atoms with E-state index in [1.54, 1.807) is 6.92 Å². The Morgan fingerprint density at radius 2 is 2.16 bits per heavy atom. The highest BCUT2D eigenvalue weighted by atomic mass is 35.5. The van der Waals surface area contributed by atoms with Crippen molar-refractivity contribution in [2.24, 2.45) is 0 Å². The first-order valence-corrected chi connectivity index (χ1v) is 7.08. The minimum Gasteiger partial charge on any atom is -0.258 e. The highest BCUT2D eigenvalue weighted by molar-refractivity contribution is 7.89. The summed E-state index contributed by atoms with van der Waals surface area (Å²) in [5.74, 6) is 5.35. The van der Waals surface area contributed by atoms with E-state index in [0.29, 0.717) is 6.42 Å². The summed E-state index contributed by atoms with van der Waals surface area (Å²) in [6, 6.07) is 3.20. The lowest BCUT2D eigenvalue weighted by Crippen LogP contribution is -2.24. The summed E-state index contributed by atoms with van der Waals surface area (Å²) in [6.07, 6.45) is 0.375. The van der Waals surface area contributed by atoms with Crippen molar-refractivity contribution >= 4 is 27.3 Å². The molecule has 102 valence electrons. The fraction of sp³-hybridized carbons (Fsp3) is 0.273. The number of sulfonamides is 1. The normalized spacial score (nSPS) is 10.6. The lowest BCUT2D eigenvalue weighted by Gasteiger charge is -2.06. The van der Waals surface area contributed by atoms with Gasteiger partial charge in [0, 0.05) is 25.1 Å². The summed E-state index contributed by atoms with van der Waals surface area (Å²) in [4.78, 5) is 9.69. The van der Waals surface area contributed by atoms with Gasteiger partial charge in [0.2, 0.25) is 10.0 Å². The minimum atomic E-state index is -3.79. The van der Waals surface area contributed by atoms with E-state index in [1.807, 2.05) is 0 Å². The van der Waals surface area contributed by atoms with E-state index in [4.69, 9.17) is 11.6 Å². The van der Waals surface area contributed by atoms with Gasteiger partial charge >= 0.3 is 0 Å². The maximum atomic E-state index is 11.9. The Morgan fingerprint density at radius 3 is 2.68 bits per heavy atom. The highest BCUT2D eigenvalue weighted by Gasteiger charge is 2.19. The van der Waals surface area contributed by atoms with Crippen LogP contribution in [0, 0.1) is 22.0 Å². The Bertz CT molecular complexity index is 646. The van der Waals surface area contributed by atoms with Crippen LogP contribution in [0.25, 0.3) is 0 Å². The lowest BCUT2D eigenvalue weighted by atomic mass is 10.3. The van der Waals surface area contributed by atoms with E-state index in [1.165, 1.54) is 0 Å². The van der Waals surface area contributed by atoms with Gasteiger partial charge in [0.25, 0.3) is 5.69 Å². The number of non-ortho nitro benzene ring substituents is 1. The average Bonchev–Trinajstić information content (AvgIpc) is 2.34. The maximum Gasteiger partial charge on any atom is 0.271 e. The first-order valence-electron chi connectivity index (χ1n) is 5.21. The molecule has 8 heteroatoms. The van der Waals surface area contributed by atoms with Crippen LogP contribution in [-0.2, 0) is 10.0 Å². The average molecular weight is 303 g/mol. The molecule has 0 saturated carbocycles. The number of hydrogen-bond acceptors (Lipinski definition) is 4. The van der Waals surface area contributed by atoms with E-state index in [2.05, 4.69) is 16.6 Å². The molecule has 0 unspecified atom stereocenters. The standard InChI is InChI=1S/C11H11ClN2O4S/c1-2-3-4-7-13-19(17,18)11-6-5-9(14(15)16)8-10(11)12/h5-6,8,13H,4,7H2,1H3. The quantitative estimate of drug-likeness (QED) is 0.389. The number of benzene rings is 1. The molecule has 19 heavy (non-hydrogen) atoms.